The highest BCUT2D eigenvalue weighted by molar-refractivity contribution is 5.37. The number of phenolic OH excluding ortho intramolecular Hbond substituents is 1. The van der Waals surface area contributed by atoms with Gasteiger partial charge in [0.2, 0.25) is 0 Å². The lowest BCUT2D eigenvalue weighted by molar-refractivity contribution is 0.334. The Morgan fingerprint density at radius 1 is 1.16 bits per heavy atom. The average Bonchev–Trinajstić information content (AvgIpc) is 2.39. The Morgan fingerprint density at radius 3 is 2.68 bits per heavy atom. The van der Waals surface area contributed by atoms with Gasteiger partial charge in [-0.15, -0.1) is 0 Å². The van der Waals surface area contributed by atoms with Gasteiger partial charge in [0.25, 0.3) is 0 Å². The summed E-state index contributed by atoms with van der Waals surface area (Å²) in [6.45, 7) is 2.58. The van der Waals surface area contributed by atoms with E-state index in [1.54, 1.807) is 12.1 Å². The number of benzene rings is 2. The normalized spacial score (nSPS) is 12.1. The first-order valence-corrected chi connectivity index (χ1v) is 6.46. The van der Waals surface area contributed by atoms with Gasteiger partial charge in [0.15, 0.2) is 0 Å². The van der Waals surface area contributed by atoms with Gasteiger partial charge in [-0.2, -0.15) is 0 Å². The Labute approximate surface area is 113 Å². The molecule has 0 aromatic heterocycles. The Hall–Kier alpha value is -2.00. The molecular formula is C16H19NO2. The third kappa shape index (κ3) is 3.48. The molecule has 1 atom stereocenters. The zero-order valence-electron chi connectivity index (χ0n) is 11.0. The summed E-state index contributed by atoms with van der Waals surface area (Å²) in [6, 6.07) is 14.8. The van der Waals surface area contributed by atoms with E-state index < -0.39 is 0 Å². The third-order valence-electron chi connectivity index (χ3n) is 2.98. The van der Waals surface area contributed by atoms with Crippen LogP contribution in [0.5, 0.6) is 11.5 Å². The molecule has 0 fully saturated rings. The lowest BCUT2D eigenvalue weighted by atomic mass is 9.99. The topological polar surface area (TPSA) is 55.5 Å². The molecule has 0 radical (unpaired) electrons. The summed E-state index contributed by atoms with van der Waals surface area (Å²) < 4.78 is 5.59. The van der Waals surface area contributed by atoms with Crippen LogP contribution < -0.4 is 10.5 Å². The molecule has 0 aliphatic heterocycles. The summed E-state index contributed by atoms with van der Waals surface area (Å²) in [6.07, 6.45) is 0.665. The largest absolute Gasteiger partial charge is 0.508 e. The van der Waals surface area contributed by atoms with Crippen molar-refractivity contribution in [3.63, 3.8) is 0 Å². The molecule has 2 aromatic carbocycles. The van der Waals surface area contributed by atoms with Crippen LogP contribution in [0, 0.1) is 0 Å². The molecule has 2 aromatic rings. The summed E-state index contributed by atoms with van der Waals surface area (Å²) in [7, 11) is 0. The molecule has 0 bridgehead atoms. The van der Waals surface area contributed by atoms with Gasteiger partial charge >= 0.3 is 0 Å². The van der Waals surface area contributed by atoms with E-state index >= 15 is 0 Å². The number of rotatable bonds is 5. The maximum Gasteiger partial charge on any atom is 0.124 e. The summed E-state index contributed by atoms with van der Waals surface area (Å²) in [5.41, 5.74) is 8.25. The number of phenols is 1. The first-order chi connectivity index (χ1) is 9.20. The zero-order chi connectivity index (χ0) is 13.7. The number of nitrogens with two attached hydrogens (primary N) is 1. The molecule has 3 nitrogen and oxygen atoms in total. The molecule has 2 rings (SSSR count). The van der Waals surface area contributed by atoms with Crippen molar-refractivity contribution in [2.45, 2.75) is 19.4 Å². The Kier molecular flexibility index (Phi) is 4.42. The fourth-order valence-corrected chi connectivity index (χ4v) is 2.12. The van der Waals surface area contributed by atoms with Crippen LogP contribution in [0.2, 0.25) is 0 Å². The van der Waals surface area contributed by atoms with Gasteiger partial charge in [-0.05, 0) is 37.1 Å². The molecule has 3 heteroatoms. The van der Waals surface area contributed by atoms with Crippen molar-refractivity contribution in [1.82, 2.24) is 0 Å². The van der Waals surface area contributed by atoms with E-state index in [1.807, 2.05) is 43.3 Å². The van der Waals surface area contributed by atoms with Gasteiger partial charge in [0.1, 0.15) is 11.5 Å². The van der Waals surface area contributed by atoms with Gasteiger partial charge in [0, 0.05) is 11.6 Å². The minimum Gasteiger partial charge on any atom is -0.508 e. The number of ether oxygens (including phenoxy) is 1. The van der Waals surface area contributed by atoms with E-state index in [4.69, 9.17) is 10.5 Å². The minimum atomic E-state index is -0.149. The fraction of sp³-hybridized carbons (Fsp3) is 0.250. The molecule has 0 heterocycles. The van der Waals surface area contributed by atoms with Crippen LogP contribution in [0.1, 0.15) is 24.1 Å². The summed E-state index contributed by atoms with van der Waals surface area (Å²) in [4.78, 5) is 0. The predicted molar refractivity (Wildman–Crippen MR) is 76.4 cm³/mol. The maximum absolute atomic E-state index is 9.47. The third-order valence-corrected chi connectivity index (χ3v) is 2.98. The van der Waals surface area contributed by atoms with Crippen molar-refractivity contribution in [2.24, 2.45) is 5.73 Å². The highest BCUT2D eigenvalue weighted by Gasteiger charge is 2.12. The smallest absolute Gasteiger partial charge is 0.124 e. The van der Waals surface area contributed by atoms with E-state index in [0.29, 0.717) is 13.0 Å². The van der Waals surface area contributed by atoms with E-state index in [0.717, 1.165) is 16.9 Å². The quantitative estimate of drug-likeness (QED) is 0.865. The van der Waals surface area contributed by atoms with Crippen molar-refractivity contribution in [3.8, 4) is 11.5 Å². The molecule has 0 saturated carbocycles. The molecule has 0 spiro atoms. The second-order valence-electron chi connectivity index (χ2n) is 4.45. The van der Waals surface area contributed by atoms with E-state index in [9.17, 15) is 5.11 Å². The monoisotopic (exact) mass is 257 g/mol. The molecule has 0 amide bonds. The fourth-order valence-electron chi connectivity index (χ4n) is 2.12. The Bertz CT molecular complexity index is 540. The van der Waals surface area contributed by atoms with Gasteiger partial charge in [0.05, 0.1) is 6.61 Å². The number of para-hydroxylation sites is 1. The average molecular weight is 257 g/mol. The minimum absolute atomic E-state index is 0.149. The van der Waals surface area contributed by atoms with Crippen molar-refractivity contribution >= 4 is 0 Å². The molecule has 0 aliphatic rings. The highest BCUT2D eigenvalue weighted by Crippen LogP contribution is 2.26. The Balaban J connectivity index is 2.17. The van der Waals surface area contributed by atoms with Gasteiger partial charge in [-0.3, -0.25) is 0 Å². The number of hydrogen-bond donors (Lipinski definition) is 2. The van der Waals surface area contributed by atoms with Crippen LogP contribution in [0.3, 0.4) is 0 Å². The van der Waals surface area contributed by atoms with Crippen molar-refractivity contribution in [2.75, 3.05) is 6.61 Å². The van der Waals surface area contributed by atoms with Crippen LogP contribution in [0.4, 0.5) is 0 Å². The molecule has 100 valence electrons. The predicted octanol–water partition coefficient (Wildman–Crippen LogP) is 3.03. The summed E-state index contributed by atoms with van der Waals surface area (Å²) in [5.74, 6) is 1.10. The standard InChI is InChI=1S/C16H19NO2/c1-2-19-16-9-4-3-8-14(16)15(17)11-12-6-5-7-13(18)10-12/h3-10,15,18H,2,11,17H2,1H3. The molecule has 0 aliphatic carbocycles. The van der Waals surface area contributed by atoms with Gasteiger partial charge < -0.3 is 15.6 Å². The van der Waals surface area contributed by atoms with E-state index in [-0.39, 0.29) is 11.8 Å². The lowest BCUT2D eigenvalue weighted by Gasteiger charge is -2.16. The van der Waals surface area contributed by atoms with Crippen LogP contribution in [0.15, 0.2) is 48.5 Å². The van der Waals surface area contributed by atoms with Crippen molar-refractivity contribution in [1.29, 1.82) is 0 Å². The van der Waals surface area contributed by atoms with Crippen LogP contribution in [-0.4, -0.2) is 11.7 Å². The first-order valence-electron chi connectivity index (χ1n) is 6.46. The van der Waals surface area contributed by atoms with Crippen LogP contribution in [-0.2, 0) is 6.42 Å². The van der Waals surface area contributed by atoms with E-state index in [1.165, 1.54) is 0 Å². The SMILES string of the molecule is CCOc1ccccc1C(N)Cc1cccc(O)c1. The highest BCUT2D eigenvalue weighted by atomic mass is 16.5. The Morgan fingerprint density at radius 2 is 1.95 bits per heavy atom. The molecule has 0 saturated heterocycles. The molecular weight excluding hydrogens is 238 g/mol. The van der Waals surface area contributed by atoms with E-state index in [2.05, 4.69) is 0 Å². The van der Waals surface area contributed by atoms with Gasteiger partial charge in [-0.25, -0.2) is 0 Å². The van der Waals surface area contributed by atoms with Crippen LogP contribution >= 0.6 is 0 Å². The van der Waals surface area contributed by atoms with Crippen molar-refractivity contribution in [3.05, 3.63) is 59.7 Å². The van der Waals surface area contributed by atoms with Crippen LogP contribution in [0.25, 0.3) is 0 Å². The zero-order valence-corrected chi connectivity index (χ0v) is 11.0. The molecule has 1 unspecified atom stereocenters. The number of hydrogen-bond acceptors (Lipinski definition) is 3. The number of aromatic hydroxyl groups is 1. The first kappa shape index (κ1) is 13.4. The molecule has 19 heavy (non-hydrogen) atoms. The maximum atomic E-state index is 9.47. The molecule has 3 N–H and O–H groups in total. The van der Waals surface area contributed by atoms with Gasteiger partial charge in [-0.1, -0.05) is 30.3 Å². The van der Waals surface area contributed by atoms with Crippen molar-refractivity contribution < 1.29 is 9.84 Å². The summed E-state index contributed by atoms with van der Waals surface area (Å²) in [5, 5.41) is 9.47. The summed E-state index contributed by atoms with van der Waals surface area (Å²) >= 11 is 0. The lowest BCUT2D eigenvalue weighted by Crippen LogP contribution is -2.14. The second-order valence-corrected chi connectivity index (χ2v) is 4.45. The second kappa shape index (κ2) is 6.25.